The predicted molar refractivity (Wildman–Crippen MR) is 75.0 cm³/mol. The number of nitrogens with one attached hydrogen (secondary N) is 2. The summed E-state index contributed by atoms with van der Waals surface area (Å²) in [5, 5.41) is 6.28. The molecule has 1 atom stereocenters. The van der Waals surface area contributed by atoms with Crippen LogP contribution in [0.25, 0.3) is 0 Å². The van der Waals surface area contributed by atoms with Gasteiger partial charge in [0.2, 0.25) is 0 Å². The summed E-state index contributed by atoms with van der Waals surface area (Å²) in [5.41, 5.74) is 0.604. The number of carbonyl (C=O) groups is 1. The zero-order valence-electron chi connectivity index (χ0n) is 11.8. The number of hydrogen-bond acceptors (Lipinski definition) is 3. The second-order valence-corrected chi connectivity index (χ2v) is 5.98. The largest absolute Gasteiger partial charge is 0.444 e. The highest BCUT2D eigenvalue weighted by atomic mass is 16.6. The Morgan fingerprint density at radius 2 is 2.00 bits per heavy atom. The van der Waals surface area contributed by atoms with E-state index in [0.29, 0.717) is 6.54 Å². The Hall–Kier alpha value is -1.55. The van der Waals surface area contributed by atoms with E-state index in [4.69, 9.17) is 4.74 Å². The minimum atomic E-state index is -0.461. The van der Waals surface area contributed by atoms with Crippen LogP contribution in [0.1, 0.15) is 32.8 Å². The van der Waals surface area contributed by atoms with Crippen molar-refractivity contribution in [2.75, 3.05) is 13.1 Å². The lowest BCUT2D eigenvalue weighted by molar-refractivity contribution is 0.0491. The van der Waals surface area contributed by atoms with E-state index in [1.54, 1.807) is 0 Å². The Morgan fingerprint density at radius 1 is 1.37 bits per heavy atom. The monoisotopic (exact) mass is 262 g/mol. The molecule has 1 saturated heterocycles. The van der Waals surface area contributed by atoms with Gasteiger partial charge in [0.05, 0.1) is 5.54 Å². The van der Waals surface area contributed by atoms with E-state index in [-0.39, 0.29) is 11.6 Å². The Balaban J connectivity index is 1.95. The summed E-state index contributed by atoms with van der Waals surface area (Å²) in [6.07, 6.45) is 0.656. The average molecular weight is 262 g/mol. The van der Waals surface area contributed by atoms with Crippen LogP contribution >= 0.6 is 0 Å². The van der Waals surface area contributed by atoms with E-state index in [1.807, 2.05) is 39.0 Å². The number of ether oxygens (including phenoxy) is 1. The van der Waals surface area contributed by atoms with E-state index >= 15 is 0 Å². The summed E-state index contributed by atoms with van der Waals surface area (Å²) in [7, 11) is 0. The van der Waals surface area contributed by atoms with E-state index in [1.165, 1.54) is 5.56 Å². The molecule has 1 aliphatic heterocycles. The van der Waals surface area contributed by atoms with Crippen LogP contribution in [0.5, 0.6) is 0 Å². The van der Waals surface area contributed by atoms with Crippen molar-refractivity contribution < 1.29 is 9.53 Å². The molecule has 1 amide bonds. The zero-order valence-corrected chi connectivity index (χ0v) is 11.8. The summed E-state index contributed by atoms with van der Waals surface area (Å²) < 4.78 is 5.26. The lowest BCUT2D eigenvalue weighted by Gasteiger charge is -2.44. The molecule has 0 bridgehead atoms. The molecule has 1 fully saturated rings. The fraction of sp³-hybridized carbons (Fsp3) is 0.533. The van der Waals surface area contributed by atoms with Crippen LogP contribution in [0.3, 0.4) is 0 Å². The van der Waals surface area contributed by atoms with Gasteiger partial charge >= 0.3 is 6.09 Å². The third kappa shape index (κ3) is 3.47. The molecule has 0 saturated carbocycles. The molecule has 0 radical (unpaired) electrons. The Kier molecular flexibility index (Phi) is 3.80. The van der Waals surface area contributed by atoms with Crippen molar-refractivity contribution >= 4 is 6.09 Å². The normalized spacial score (nSPS) is 22.5. The van der Waals surface area contributed by atoms with Crippen LogP contribution in [0, 0.1) is 0 Å². The first-order chi connectivity index (χ1) is 8.91. The highest BCUT2D eigenvalue weighted by Gasteiger charge is 2.38. The lowest BCUT2D eigenvalue weighted by Crippen LogP contribution is -2.60. The second-order valence-electron chi connectivity index (χ2n) is 5.98. The Morgan fingerprint density at radius 3 is 2.47 bits per heavy atom. The van der Waals surface area contributed by atoms with Crippen molar-refractivity contribution in [3.63, 3.8) is 0 Å². The fourth-order valence-corrected chi connectivity index (χ4v) is 2.22. The first-order valence-electron chi connectivity index (χ1n) is 6.69. The van der Waals surface area contributed by atoms with E-state index in [9.17, 15) is 4.79 Å². The zero-order chi connectivity index (χ0) is 13.9. The molecule has 104 valence electrons. The van der Waals surface area contributed by atoms with Crippen molar-refractivity contribution in [3.05, 3.63) is 35.9 Å². The molecule has 4 heteroatoms. The van der Waals surface area contributed by atoms with E-state index in [0.717, 1.165) is 13.0 Å². The smallest absolute Gasteiger partial charge is 0.407 e. The van der Waals surface area contributed by atoms with Gasteiger partial charge < -0.3 is 15.4 Å². The third-order valence-corrected chi connectivity index (χ3v) is 3.27. The van der Waals surface area contributed by atoms with Crippen molar-refractivity contribution in [3.8, 4) is 0 Å². The summed E-state index contributed by atoms with van der Waals surface area (Å²) in [4.78, 5) is 11.7. The van der Waals surface area contributed by atoms with Gasteiger partial charge in [0.1, 0.15) is 5.60 Å². The summed E-state index contributed by atoms with van der Waals surface area (Å²) >= 11 is 0. The second kappa shape index (κ2) is 5.21. The minimum Gasteiger partial charge on any atom is -0.444 e. The highest BCUT2D eigenvalue weighted by molar-refractivity contribution is 5.67. The quantitative estimate of drug-likeness (QED) is 0.879. The van der Waals surface area contributed by atoms with Gasteiger partial charge in [-0.1, -0.05) is 30.3 Å². The van der Waals surface area contributed by atoms with Gasteiger partial charge in [0, 0.05) is 6.54 Å². The maximum Gasteiger partial charge on any atom is 0.407 e. The molecule has 19 heavy (non-hydrogen) atoms. The van der Waals surface area contributed by atoms with Crippen molar-refractivity contribution in [1.29, 1.82) is 0 Å². The lowest BCUT2D eigenvalue weighted by atomic mass is 9.81. The summed E-state index contributed by atoms with van der Waals surface area (Å²) in [6, 6.07) is 10.2. The molecular weight excluding hydrogens is 240 g/mol. The molecule has 1 heterocycles. The number of rotatable bonds is 3. The summed E-state index contributed by atoms with van der Waals surface area (Å²) in [5.74, 6) is 0. The van der Waals surface area contributed by atoms with Gasteiger partial charge in [-0.3, -0.25) is 0 Å². The summed E-state index contributed by atoms with van der Waals surface area (Å²) in [6.45, 7) is 7.11. The first-order valence-corrected chi connectivity index (χ1v) is 6.69. The molecular formula is C15H22N2O2. The van der Waals surface area contributed by atoms with Gasteiger partial charge in [-0.15, -0.1) is 0 Å². The average Bonchev–Trinajstić information content (AvgIpc) is 2.26. The number of amides is 1. The molecule has 1 unspecified atom stereocenters. The van der Waals surface area contributed by atoms with Gasteiger partial charge in [0.25, 0.3) is 0 Å². The van der Waals surface area contributed by atoms with Crippen LogP contribution in [0.2, 0.25) is 0 Å². The number of alkyl carbamates (subject to hydrolysis) is 1. The van der Waals surface area contributed by atoms with E-state index in [2.05, 4.69) is 22.8 Å². The fourth-order valence-electron chi connectivity index (χ4n) is 2.22. The molecule has 2 N–H and O–H groups in total. The van der Waals surface area contributed by atoms with Crippen molar-refractivity contribution in [1.82, 2.24) is 10.6 Å². The van der Waals surface area contributed by atoms with Crippen LogP contribution in [-0.4, -0.2) is 24.8 Å². The van der Waals surface area contributed by atoms with Gasteiger partial charge in [-0.2, -0.15) is 0 Å². The SMILES string of the molecule is CC(C)(C)OC(=O)NCC1(c2ccccc2)CCN1. The Bertz CT molecular complexity index is 433. The molecule has 4 nitrogen and oxygen atoms in total. The molecule has 1 aromatic carbocycles. The van der Waals surface area contributed by atoms with Crippen LogP contribution in [0.15, 0.2) is 30.3 Å². The molecule has 1 aliphatic rings. The molecule has 0 aliphatic carbocycles. The van der Waals surface area contributed by atoms with Crippen LogP contribution in [0.4, 0.5) is 4.79 Å². The van der Waals surface area contributed by atoms with Crippen LogP contribution in [-0.2, 0) is 10.3 Å². The maximum absolute atomic E-state index is 11.7. The van der Waals surface area contributed by atoms with Gasteiger partial charge in [0.15, 0.2) is 0 Å². The van der Waals surface area contributed by atoms with Crippen LogP contribution < -0.4 is 10.6 Å². The maximum atomic E-state index is 11.7. The van der Waals surface area contributed by atoms with Gasteiger partial charge in [-0.25, -0.2) is 4.79 Å². The van der Waals surface area contributed by atoms with Gasteiger partial charge in [-0.05, 0) is 39.3 Å². The number of carbonyl (C=O) groups excluding carboxylic acids is 1. The standard InChI is InChI=1S/C15H22N2O2/c1-14(2,3)19-13(18)16-11-15(9-10-17-15)12-7-5-4-6-8-12/h4-8,17H,9-11H2,1-3H3,(H,16,18). The predicted octanol–water partition coefficient (Wildman–Crippen LogP) is 2.40. The van der Waals surface area contributed by atoms with Crippen molar-refractivity contribution in [2.45, 2.75) is 38.3 Å². The number of hydrogen-bond donors (Lipinski definition) is 2. The molecule has 0 aromatic heterocycles. The first kappa shape index (κ1) is 13.9. The van der Waals surface area contributed by atoms with E-state index < -0.39 is 5.60 Å². The highest BCUT2D eigenvalue weighted by Crippen LogP contribution is 2.30. The van der Waals surface area contributed by atoms with Crippen molar-refractivity contribution in [2.24, 2.45) is 0 Å². The molecule has 1 aromatic rings. The molecule has 0 spiro atoms. The minimum absolute atomic E-state index is 0.141. The number of benzene rings is 1. The topological polar surface area (TPSA) is 50.4 Å². The third-order valence-electron chi connectivity index (χ3n) is 3.27. The Labute approximate surface area is 114 Å². The molecule has 2 rings (SSSR count).